The molecule has 0 bridgehead atoms. The first-order chi connectivity index (χ1) is 8.46. The van der Waals surface area contributed by atoms with E-state index >= 15 is 0 Å². The summed E-state index contributed by atoms with van der Waals surface area (Å²) in [7, 11) is 1.68. The summed E-state index contributed by atoms with van der Waals surface area (Å²) in [5.41, 5.74) is 1.32. The van der Waals surface area contributed by atoms with E-state index < -0.39 is 0 Å². The highest BCUT2D eigenvalue weighted by Crippen LogP contribution is 2.28. The van der Waals surface area contributed by atoms with Crippen molar-refractivity contribution in [2.45, 2.75) is 46.2 Å². The Kier molecular flexibility index (Phi) is 5.48. The molecule has 0 fully saturated rings. The fourth-order valence-corrected chi connectivity index (χ4v) is 1.52. The highest BCUT2D eigenvalue weighted by molar-refractivity contribution is 5.42. The average molecular weight is 251 g/mol. The van der Waals surface area contributed by atoms with Crippen LogP contribution < -0.4 is 14.8 Å². The van der Waals surface area contributed by atoms with Gasteiger partial charge in [-0.15, -0.1) is 0 Å². The molecule has 0 aliphatic heterocycles. The number of hydrogen-bond acceptors (Lipinski definition) is 3. The van der Waals surface area contributed by atoms with E-state index in [-0.39, 0.29) is 5.54 Å². The molecule has 3 nitrogen and oxygen atoms in total. The second-order valence-electron chi connectivity index (χ2n) is 5.44. The van der Waals surface area contributed by atoms with Gasteiger partial charge in [-0.25, -0.2) is 0 Å². The zero-order chi connectivity index (χ0) is 13.6. The minimum atomic E-state index is 0.116. The SMILES string of the molecule is CCCOc1ccc(CNC(C)(C)C)cc1OC. The molecule has 0 saturated carbocycles. The number of hydrogen-bond donors (Lipinski definition) is 1. The van der Waals surface area contributed by atoms with Gasteiger partial charge in [-0.05, 0) is 44.9 Å². The largest absolute Gasteiger partial charge is 0.493 e. The molecule has 0 aliphatic rings. The Bertz CT molecular complexity index is 369. The molecule has 3 heteroatoms. The molecule has 0 unspecified atom stereocenters. The van der Waals surface area contributed by atoms with Crippen molar-refractivity contribution < 1.29 is 9.47 Å². The molecule has 0 heterocycles. The topological polar surface area (TPSA) is 30.5 Å². The Morgan fingerprint density at radius 2 is 1.89 bits per heavy atom. The number of benzene rings is 1. The number of rotatable bonds is 6. The normalized spacial score (nSPS) is 11.4. The maximum atomic E-state index is 5.63. The van der Waals surface area contributed by atoms with Crippen molar-refractivity contribution in [2.24, 2.45) is 0 Å². The van der Waals surface area contributed by atoms with Crippen LogP contribution in [0.3, 0.4) is 0 Å². The van der Waals surface area contributed by atoms with E-state index in [2.05, 4.69) is 39.1 Å². The molecule has 102 valence electrons. The van der Waals surface area contributed by atoms with Crippen molar-refractivity contribution in [1.82, 2.24) is 5.32 Å². The van der Waals surface area contributed by atoms with Crippen molar-refractivity contribution in [2.75, 3.05) is 13.7 Å². The molecule has 1 N–H and O–H groups in total. The van der Waals surface area contributed by atoms with E-state index in [9.17, 15) is 0 Å². The highest BCUT2D eigenvalue weighted by Gasteiger charge is 2.10. The van der Waals surface area contributed by atoms with Crippen LogP contribution in [-0.4, -0.2) is 19.3 Å². The van der Waals surface area contributed by atoms with Crippen molar-refractivity contribution in [3.8, 4) is 11.5 Å². The fourth-order valence-electron chi connectivity index (χ4n) is 1.52. The van der Waals surface area contributed by atoms with E-state index in [1.165, 1.54) is 5.56 Å². The van der Waals surface area contributed by atoms with E-state index in [0.29, 0.717) is 0 Å². The number of methoxy groups -OCH3 is 1. The van der Waals surface area contributed by atoms with Crippen LogP contribution in [0, 0.1) is 0 Å². The second kappa shape index (κ2) is 6.64. The predicted molar refractivity (Wildman–Crippen MR) is 75.4 cm³/mol. The van der Waals surface area contributed by atoms with Gasteiger partial charge in [-0.1, -0.05) is 13.0 Å². The summed E-state index contributed by atoms with van der Waals surface area (Å²) in [5.74, 6) is 1.62. The van der Waals surface area contributed by atoms with Gasteiger partial charge in [0.05, 0.1) is 13.7 Å². The fraction of sp³-hybridized carbons (Fsp3) is 0.600. The minimum Gasteiger partial charge on any atom is -0.493 e. The molecular weight excluding hydrogens is 226 g/mol. The molecule has 0 saturated heterocycles. The number of ether oxygens (including phenoxy) is 2. The van der Waals surface area contributed by atoms with Gasteiger partial charge in [-0.2, -0.15) is 0 Å². The summed E-state index contributed by atoms with van der Waals surface area (Å²) >= 11 is 0. The van der Waals surface area contributed by atoms with Crippen LogP contribution in [0.1, 0.15) is 39.7 Å². The van der Waals surface area contributed by atoms with Crippen LogP contribution >= 0.6 is 0 Å². The van der Waals surface area contributed by atoms with Gasteiger partial charge in [0, 0.05) is 12.1 Å². The van der Waals surface area contributed by atoms with E-state index in [1.807, 2.05) is 12.1 Å². The van der Waals surface area contributed by atoms with Crippen LogP contribution in [0.15, 0.2) is 18.2 Å². The average Bonchev–Trinajstić information content (AvgIpc) is 2.33. The summed E-state index contributed by atoms with van der Waals surface area (Å²) in [4.78, 5) is 0. The summed E-state index contributed by atoms with van der Waals surface area (Å²) in [6.07, 6.45) is 0.997. The summed E-state index contributed by atoms with van der Waals surface area (Å²) in [5, 5.41) is 3.46. The molecule has 1 aromatic rings. The first-order valence-electron chi connectivity index (χ1n) is 6.51. The maximum Gasteiger partial charge on any atom is 0.161 e. The van der Waals surface area contributed by atoms with Gasteiger partial charge < -0.3 is 14.8 Å². The smallest absolute Gasteiger partial charge is 0.161 e. The summed E-state index contributed by atoms with van der Waals surface area (Å²) < 4.78 is 11.0. The van der Waals surface area contributed by atoms with Crippen LogP contribution in [0.4, 0.5) is 0 Å². The van der Waals surface area contributed by atoms with Gasteiger partial charge in [0.15, 0.2) is 11.5 Å². The van der Waals surface area contributed by atoms with Crippen molar-refractivity contribution in [1.29, 1.82) is 0 Å². The number of nitrogens with one attached hydrogen (secondary N) is 1. The van der Waals surface area contributed by atoms with E-state index in [0.717, 1.165) is 31.1 Å². The Morgan fingerprint density at radius 3 is 2.44 bits per heavy atom. The first-order valence-corrected chi connectivity index (χ1v) is 6.51. The third-order valence-corrected chi connectivity index (χ3v) is 2.51. The highest BCUT2D eigenvalue weighted by atomic mass is 16.5. The van der Waals surface area contributed by atoms with Crippen molar-refractivity contribution in [3.63, 3.8) is 0 Å². The molecule has 0 radical (unpaired) electrons. The predicted octanol–water partition coefficient (Wildman–Crippen LogP) is 3.37. The zero-order valence-corrected chi connectivity index (χ0v) is 12.2. The first kappa shape index (κ1) is 14.8. The Labute approximate surface area is 110 Å². The molecule has 0 aromatic heterocycles. The summed E-state index contributed by atoms with van der Waals surface area (Å²) in [6.45, 7) is 10.1. The third kappa shape index (κ3) is 4.96. The Hall–Kier alpha value is -1.22. The van der Waals surface area contributed by atoms with Crippen molar-refractivity contribution >= 4 is 0 Å². The van der Waals surface area contributed by atoms with E-state index in [4.69, 9.17) is 9.47 Å². The van der Waals surface area contributed by atoms with Crippen LogP contribution in [-0.2, 0) is 6.54 Å². The van der Waals surface area contributed by atoms with Gasteiger partial charge in [0.2, 0.25) is 0 Å². The lowest BCUT2D eigenvalue weighted by Crippen LogP contribution is -2.35. The molecule has 0 atom stereocenters. The Morgan fingerprint density at radius 1 is 1.17 bits per heavy atom. The van der Waals surface area contributed by atoms with Gasteiger partial charge in [0.25, 0.3) is 0 Å². The van der Waals surface area contributed by atoms with Gasteiger partial charge in [-0.3, -0.25) is 0 Å². The molecule has 1 aromatic carbocycles. The monoisotopic (exact) mass is 251 g/mol. The third-order valence-electron chi connectivity index (χ3n) is 2.51. The Balaban J connectivity index is 2.72. The second-order valence-corrected chi connectivity index (χ2v) is 5.44. The van der Waals surface area contributed by atoms with Crippen LogP contribution in [0.25, 0.3) is 0 Å². The van der Waals surface area contributed by atoms with E-state index in [1.54, 1.807) is 7.11 Å². The zero-order valence-electron chi connectivity index (χ0n) is 12.2. The quantitative estimate of drug-likeness (QED) is 0.841. The van der Waals surface area contributed by atoms with Crippen LogP contribution in [0.5, 0.6) is 11.5 Å². The molecular formula is C15H25NO2. The van der Waals surface area contributed by atoms with Gasteiger partial charge in [0.1, 0.15) is 0 Å². The lowest BCUT2D eigenvalue weighted by Gasteiger charge is -2.21. The molecule has 0 spiro atoms. The lowest BCUT2D eigenvalue weighted by molar-refractivity contribution is 0.294. The molecule has 0 aliphatic carbocycles. The molecule has 0 amide bonds. The standard InChI is InChI=1S/C15H25NO2/c1-6-9-18-13-8-7-12(10-14(13)17-5)11-16-15(2,3)4/h7-8,10,16H,6,9,11H2,1-5H3. The summed E-state index contributed by atoms with van der Waals surface area (Å²) in [6, 6.07) is 6.09. The lowest BCUT2D eigenvalue weighted by atomic mass is 10.1. The molecule has 1 rings (SSSR count). The van der Waals surface area contributed by atoms with Gasteiger partial charge >= 0.3 is 0 Å². The molecule has 18 heavy (non-hydrogen) atoms. The van der Waals surface area contributed by atoms with Crippen LogP contribution in [0.2, 0.25) is 0 Å². The maximum absolute atomic E-state index is 5.63. The van der Waals surface area contributed by atoms with Crippen molar-refractivity contribution in [3.05, 3.63) is 23.8 Å². The minimum absolute atomic E-state index is 0.116.